The number of aromatic nitrogens is 2. The first-order chi connectivity index (χ1) is 14.2. The van der Waals surface area contributed by atoms with Crippen LogP contribution in [0.5, 0.6) is 0 Å². The first kappa shape index (κ1) is 20.7. The van der Waals surface area contributed by atoms with Crippen LogP contribution in [-0.4, -0.2) is 32.4 Å². The molecule has 3 aromatic rings. The summed E-state index contributed by atoms with van der Waals surface area (Å²) in [4.78, 5) is 22.8. The van der Waals surface area contributed by atoms with E-state index in [1.54, 1.807) is 36.4 Å². The fourth-order valence-corrected chi connectivity index (χ4v) is 4.37. The number of halogens is 4. The molecule has 5 nitrogen and oxygen atoms in total. The zero-order valence-corrected chi connectivity index (χ0v) is 17.3. The molecule has 4 rings (SSSR count). The molecule has 2 aromatic carbocycles. The van der Waals surface area contributed by atoms with E-state index < -0.39 is 24.5 Å². The summed E-state index contributed by atoms with van der Waals surface area (Å²) in [7, 11) is 0. The average Bonchev–Trinajstić information content (AvgIpc) is 3.28. The van der Waals surface area contributed by atoms with E-state index in [0.29, 0.717) is 21.6 Å². The highest BCUT2D eigenvalue weighted by Gasteiger charge is 2.38. The maximum absolute atomic E-state index is 13.6. The van der Waals surface area contributed by atoms with Gasteiger partial charge in [0.05, 0.1) is 22.8 Å². The van der Waals surface area contributed by atoms with Gasteiger partial charge in [0.1, 0.15) is 6.54 Å². The predicted octanol–water partition coefficient (Wildman–Crippen LogP) is 5.23. The second kappa shape index (κ2) is 7.96. The van der Waals surface area contributed by atoms with E-state index in [1.807, 2.05) is 6.92 Å². The number of aliphatic imine (C=N–C) groups is 1. The Bertz CT molecular complexity index is 1130. The lowest BCUT2D eigenvalue weighted by Crippen LogP contribution is -2.38. The number of para-hydroxylation sites is 2. The van der Waals surface area contributed by atoms with Crippen molar-refractivity contribution < 1.29 is 18.0 Å². The smallest absolute Gasteiger partial charge is 0.311 e. The molecule has 0 fully saturated rings. The van der Waals surface area contributed by atoms with Crippen LogP contribution in [0.2, 0.25) is 5.02 Å². The lowest BCUT2D eigenvalue weighted by molar-refractivity contribution is -0.147. The van der Waals surface area contributed by atoms with Crippen molar-refractivity contribution in [3.05, 3.63) is 59.4 Å². The monoisotopic (exact) mass is 452 g/mol. The van der Waals surface area contributed by atoms with E-state index in [2.05, 4.69) is 9.98 Å². The van der Waals surface area contributed by atoms with Crippen molar-refractivity contribution in [2.75, 3.05) is 10.7 Å². The molecule has 2 heterocycles. The number of fused-ring (bicyclic) bond motifs is 1. The largest absolute Gasteiger partial charge is 0.449 e. The number of thioether (sulfide) groups is 1. The quantitative estimate of drug-likeness (QED) is 0.546. The summed E-state index contributed by atoms with van der Waals surface area (Å²) in [5.41, 5.74) is 0.906. The number of hydrogen-bond acceptors (Lipinski definition) is 4. The molecule has 0 aliphatic carbocycles. The van der Waals surface area contributed by atoms with Crippen molar-refractivity contribution in [2.45, 2.75) is 25.7 Å². The van der Waals surface area contributed by atoms with E-state index in [0.717, 1.165) is 4.57 Å². The van der Waals surface area contributed by atoms with Crippen LogP contribution >= 0.6 is 23.4 Å². The number of anilines is 1. The number of carbonyl (C=O) groups excluding carboxylic acids is 1. The highest BCUT2D eigenvalue weighted by molar-refractivity contribution is 8.14. The van der Waals surface area contributed by atoms with E-state index in [9.17, 15) is 18.0 Å². The number of imidazole rings is 1. The molecule has 0 saturated heterocycles. The molecule has 30 heavy (non-hydrogen) atoms. The zero-order chi connectivity index (χ0) is 21.5. The molecule has 1 atom stereocenters. The van der Waals surface area contributed by atoms with Crippen LogP contribution in [0.1, 0.15) is 12.7 Å². The van der Waals surface area contributed by atoms with Crippen LogP contribution in [0.4, 0.5) is 18.9 Å². The molecule has 0 bridgehead atoms. The van der Waals surface area contributed by atoms with Gasteiger partial charge in [0.15, 0.2) is 5.17 Å². The highest BCUT2D eigenvalue weighted by atomic mass is 35.5. The molecule has 10 heteroatoms. The third kappa shape index (κ3) is 4.04. The van der Waals surface area contributed by atoms with Crippen LogP contribution < -0.4 is 4.90 Å². The molecule has 0 spiro atoms. The summed E-state index contributed by atoms with van der Waals surface area (Å²) in [6.45, 7) is 1.38. The fraction of sp³-hybridized carbons (Fsp3) is 0.250. The summed E-state index contributed by atoms with van der Waals surface area (Å²) in [5, 5.41) is 0.938. The van der Waals surface area contributed by atoms with Crippen molar-refractivity contribution in [3.63, 3.8) is 0 Å². The summed E-state index contributed by atoms with van der Waals surface area (Å²) in [6.07, 6.45) is -4.70. The van der Waals surface area contributed by atoms with E-state index in [-0.39, 0.29) is 17.1 Å². The van der Waals surface area contributed by atoms with Gasteiger partial charge in [0, 0.05) is 10.8 Å². The fourth-order valence-electron chi connectivity index (χ4n) is 3.19. The summed E-state index contributed by atoms with van der Waals surface area (Å²) in [5.74, 6) is -0.970. The number of amides is 1. The third-order valence-electron chi connectivity index (χ3n) is 4.51. The topological polar surface area (TPSA) is 50.5 Å². The molecule has 0 radical (unpaired) electrons. The maximum atomic E-state index is 13.6. The Labute approximate surface area is 179 Å². The van der Waals surface area contributed by atoms with Gasteiger partial charge in [-0.2, -0.15) is 13.2 Å². The Hall–Kier alpha value is -2.52. The van der Waals surface area contributed by atoms with E-state index in [4.69, 9.17) is 11.6 Å². The minimum atomic E-state index is -4.70. The van der Waals surface area contributed by atoms with Crippen molar-refractivity contribution in [1.29, 1.82) is 0 Å². The molecule has 1 amide bonds. The number of hydrogen-bond donors (Lipinski definition) is 0. The van der Waals surface area contributed by atoms with E-state index >= 15 is 0 Å². The SMILES string of the molecule is C[C@@H]1CSC(N(C(=O)Cn2c(C(F)(F)F)nc3ccccc32)c2ccc(Cl)cc2)=N1. The zero-order valence-electron chi connectivity index (χ0n) is 15.7. The number of nitrogens with zero attached hydrogens (tertiary/aromatic N) is 4. The van der Waals surface area contributed by atoms with Gasteiger partial charge in [0.2, 0.25) is 5.82 Å². The lowest BCUT2D eigenvalue weighted by atomic mass is 10.3. The van der Waals surface area contributed by atoms with Gasteiger partial charge in [0.25, 0.3) is 5.91 Å². The minimum Gasteiger partial charge on any atom is -0.311 e. The molecular formula is C20H16ClF3N4OS. The summed E-state index contributed by atoms with van der Waals surface area (Å²) < 4.78 is 41.7. The number of amidine groups is 1. The Morgan fingerprint density at radius 1 is 1.23 bits per heavy atom. The summed E-state index contributed by atoms with van der Waals surface area (Å²) >= 11 is 7.34. The predicted molar refractivity (Wildman–Crippen MR) is 113 cm³/mol. The highest BCUT2D eigenvalue weighted by Crippen LogP contribution is 2.32. The standard InChI is InChI=1S/C20H16ClF3N4OS/c1-12-11-30-19(25-12)28(14-8-6-13(21)7-9-14)17(29)10-27-16-5-3-2-4-15(16)26-18(27)20(22,23)24/h2-9,12H,10-11H2,1H3/t12-/m1/s1. The molecule has 0 N–H and O–H groups in total. The van der Waals surface area contributed by atoms with Crippen LogP contribution in [0.3, 0.4) is 0 Å². The number of benzene rings is 2. The molecule has 1 aliphatic rings. The normalized spacial score (nSPS) is 16.7. The second-order valence-corrected chi connectivity index (χ2v) is 8.21. The Balaban J connectivity index is 1.77. The third-order valence-corrected chi connectivity index (χ3v) is 5.96. The Morgan fingerprint density at radius 3 is 2.57 bits per heavy atom. The molecule has 0 unspecified atom stereocenters. The average molecular weight is 453 g/mol. The maximum Gasteiger partial charge on any atom is 0.449 e. The van der Waals surface area contributed by atoms with Crippen molar-refractivity contribution in [2.24, 2.45) is 4.99 Å². The van der Waals surface area contributed by atoms with Gasteiger partial charge in [-0.25, -0.2) is 4.98 Å². The van der Waals surface area contributed by atoms with Gasteiger partial charge in [-0.1, -0.05) is 35.5 Å². The number of carbonyl (C=O) groups is 1. The van der Waals surface area contributed by atoms with Gasteiger partial charge in [-0.3, -0.25) is 14.7 Å². The number of alkyl halides is 3. The molecule has 1 aliphatic heterocycles. The van der Waals surface area contributed by atoms with Gasteiger partial charge >= 0.3 is 6.18 Å². The molecular weight excluding hydrogens is 437 g/mol. The van der Waals surface area contributed by atoms with Crippen LogP contribution in [0, 0.1) is 0 Å². The minimum absolute atomic E-state index is 0.00686. The van der Waals surface area contributed by atoms with Crippen molar-refractivity contribution in [3.8, 4) is 0 Å². The second-order valence-electron chi connectivity index (χ2n) is 6.79. The van der Waals surface area contributed by atoms with Crippen molar-refractivity contribution in [1.82, 2.24) is 9.55 Å². The molecule has 1 aromatic heterocycles. The molecule has 156 valence electrons. The number of rotatable bonds is 3. The van der Waals surface area contributed by atoms with Gasteiger partial charge < -0.3 is 4.57 Å². The Kier molecular flexibility index (Phi) is 5.50. The van der Waals surface area contributed by atoms with Crippen molar-refractivity contribution >= 4 is 51.2 Å². The lowest BCUT2D eigenvalue weighted by Gasteiger charge is -2.23. The first-order valence-electron chi connectivity index (χ1n) is 9.05. The Morgan fingerprint density at radius 2 is 1.93 bits per heavy atom. The van der Waals surface area contributed by atoms with Crippen LogP contribution in [-0.2, 0) is 17.5 Å². The first-order valence-corrected chi connectivity index (χ1v) is 10.4. The molecule has 0 saturated carbocycles. The van der Waals surface area contributed by atoms with Crippen LogP contribution in [0.25, 0.3) is 11.0 Å². The van der Waals surface area contributed by atoms with Gasteiger partial charge in [-0.05, 0) is 43.3 Å². The van der Waals surface area contributed by atoms with E-state index in [1.165, 1.54) is 28.8 Å². The van der Waals surface area contributed by atoms with Crippen LogP contribution in [0.15, 0.2) is 53.5 Å². The van der Waals surface area contributed by atoms with Gasteiger partial charge in [-0.15, -0.1) is 0 Å². The summed E-state index contributed by atoms with van der Waals surface area (Å²) in [6, 6.07) is 12.7.